The van der Waals surface area contributed by atoms with Gasteiger partial charge in [-0.2, -0.15) is 0 Å². The molecular formula is C15H15F. The van der Waals surface area contributed by atoms with E-state index in [1.54, 1.807) is 13.0 Å². The number of aryl methyl sites for hydroxylation is 3. The van der Waals surface area contributed by atoms with E-state index in [0.717, 1.165) is 22.3 Å². The molecule has 0 spiro atoms. The molecule has 16 heavy (non-hydrogen) atoms. The second-order valence-electron chi connectivity index (χ2n) is 4.15. The summed E-state index contributed by atoms with van der Waals surface area (Å²) in [6.45, 7) is 5.76. The van der Waals surface area contributed by atoms with Crippen molar-refractivity contribution < 1.29 is 5.76 Å². The van der Waals surface area contributed by atoms with E-state index in [4.69, 9.17) is 1.37 Å². The molecule has 0 saturated carbocycles. The number of hydrogen-bond donors (Lipinski definition) is 0. The van der Waals surface area contributed by atoms with Crippen molar-refractivity contribution in [2.75, 3.05) is 0 Å². The Kier molecular flexibility index (Phi) is 2.45. The van der Waals surface area contributed by atoms with E-state index < -0.39 is 5.82 Å². The molecule has 0 nitrogen and oxygen atoms in total. The Morgan fingerprint density at radius 1 is 1.00 bits per heavy atom. The fourth-order valence-electron chi connectivity index (χ4n) is 2.01. The number of hydrogen-bond acceptors (Lipinski definition) is 0. The molecule has 0 aliphatic rings. The zero-order valence-corrected chi connectivity index (χ0v) is 9.76. The monoisotopic (exact) mass is 215 g/mol. The minimum Gasteiger partial charge on any atom is -0.207 e. The van der Waals surface area contributed by atoms with Crippen LogP contribution in [0, 0.1) is 26.6 Å². The zero-order chi connectivity index (χ0) is 12.6. The number of rotatable bonds is 1. The van der Waals surface area contributed by atoms with Gasteiger partial charge < -0.3 is 0 Å². The first kappa shape index (κ1) is 9.59. The standard InChI is InChI=1S/C15H15F/c1-10-5-4-6-11(2)15(10)13-7-8-14(16)12(3)9-13/h4-9H,1-3H3/i8D. The average molecular weight is 215 g/mol. The van der Waals surface area contributed by atoms with Gasteiger partial charge in [0.15, 0.2) is 0 Å². The highest BCUT2D eigenvalue weighted by atomic mass is 19.1. The quantitative estimate of drug-likeness (QED) is 0.660. The number of benzene rings is 2. The Bertz CT molecular complexity index is 530. The summed E-state index contributed by atoms with van der Waals surface area (Å²) < 4.78 is 21.1. The number of halogens is 1. The van der Waals surface area contributed by atoms with Gasteiger partial charge in [-0.25, -0.2) is 4.39 Å². The molecule has 2 rings (SSSR count). The van der Waals surface area contributed by atoms with Gasteiger partial charge in [0.2, 0.25) is 0 Å². The Morgan fingerprint density at radius 3 is 2.19 bits per heavy atom. The normalized spacial score (nSPS) is 11.4. The maximum absolute atomic E-state index is 13.4. The first-order valence-corrected chi connectivity index (χ1v) is 5.34. The zero-order valence-electron chi connectivity index (χ0n) is 10.8. The average Bonchev–Trinajstić information content (AvgIpc) is 2.25. The van der Waals surface area contributed by atoms with Crippen LogP contribution in [0.5, 0.6) is 0 Å². The molecule has 0 N–H and O–H groups in total. The lowest BCUT2D eigenvalue weighted by molar-refractivity contribution is 0.619. The molecular weight excluding hydrogens is 199 g/mol. The van der Waals surface area contributed by atoms with E-state index in [9.17, 15) is 4.39 Å². The van der Waals surface area contributed by atoms with Gasteiger partial charge in [-0.05, 0) is 60.7 Å². The molecule has 0 fully saturated rings. The van der Waals surface area contributed by atoms with Crippen molar-refractivity contribution in [3.63, 3.8) is 0 Å². The van der Waals surface area contributed by atoms with E-state index in [0.29, 0.717) is 5.56 Å². The molecule has 0 aliphatic carbocycles. The van der Waals surface area contributed by atoms with Crippen molar-refractivity contribution in [3.8, 4) is 11.1 Å². The minimum absolute atomic E-state index is 0.0392. The van der Waals surface area contributed by atoms with E-state index in [-0.39, 0.29) is 6.04 Å². The summed E-state index contributed by atoms with van der Waals surface area (Å²) in [5, 5.41) is 0. The van der Waals surface area contributed by atoms with Crippen LogP contribution in [0.1, 0.15) is 18.1 Å². The van der Waals surface area contributed by atoms with Crippen LogP contribution in [-0.4, -0.2) is 0 Å². The Labute approximate surface area is 97.2 Å². The molecule has 0 atom stereocenters. The van der Waals surface area contributed by atoms with Crippen LogP contribution in [0.3, 0.4) is 0 Å². The molecule has 0 unspecified atom stereocenters. The highest BCUT2D eigenvalue weighted by Crippen LogP contribution is 2.28. The molecule has 0 aliphatic heterocycles. The van der Waals surface area contributed by atoms with Crippen molar-refractivity contribution in [2.45, 2.75) is 20.8 Å². The van der Waals surface area contributed by atoms with Gasteiger partial charge in [0.25, 0.3) is 0 Å². The third kappa shape index (κ3) is 1.85. The fourth-order valence-corrected chi connectivity index (χ4v) is 2.01. The molecule has 0 aromatic heterocycles. The molecule has 0 saturated heterocycles. The summed E-state index contributed by atoms with van der Waals surface area (Å²) in [6.07, 6.45) is 0. The van der Waals surface area contributed by atoms with Crippen LogP contribution < -0.4 is 0 Å². The highest BCUT2D eigenvalue weighted by Gasteiger charge is 2.06. The highest BCUT2D eigenvalue weighted by molar-refractivity contribution is 5.71. The molecule has 2 aromatic carbocycles. The van der Waals surface area contributed by atoms with Crippen molar-refractivity contribution in [3.05, 3.63) is 58.9 Å². The van der Waals surface area contributed by atoms with Gasteiger partial charge in [-0.3, -0.25) is 0 Å². The van der Waals surface area contributed by atoms with Crippen LogP contribution in [-0.2, 0) is 0 Å². The van der Waals surface area contributed by atoms with E-state index in [1.165, 1.54) is 0 Å². The van der Waals surface area contributed by atoms with Crippen molar-refractivity contribution in [2.24, 2.45) is 0 Å². The second kappa shape index (κ2) is 4.09. The fraction of sp³-hybridized carbons (Fsp3) is 0.200. The second-order valence-corrected chi connectivity index (χ2v) is 4.15. The maximum atomic E-state index is 13.4. The molecule has 0 heterocycles. The Morgan fingerprint density at radius 2 is 1.62 bits per heavy atom. The van der Waals surface area contributed by atoms with Gasteiger partial charge >= 0.3 is 0 Å². The van der Waals surface area contributed by atoms with Gasteiger partial charge in [0.1, 0.15) is 5.82 Å². The molecule has 0 radical (unpaired) electrons. The minimum atomic E-state index is -0.431. The van der Waals surface area contributed by atoms with E-state index >= 15 is 0 Å². The summed E-state index contributed by atoms with van der Waals surface area (Å²) in [6, 6.07) is 9.43. The molecule has 1 heteroatoms. The van der Waals surface area contributed by atoms with Crippen molar-refractivity contribution in [1.29, 1.82) is 0 Å². The predicted octanol–water partition coefficient (Wildman–Crippen LogP) is 4.42. The summed E-state index contributed by atoms with van der Waals surface area (Å²) >= 11 is 0. The summed E-state index contributed by atoms with van der Waals surface area (Å²) in [4.78, 5) is 0. The molecule has 2 aromatic rings. The molecule has 0 amide bonds. The SMILES string of the molecule is [2H]c1cc(-c2c(C)cccc2C)cc(C)c1F. The van der Waals surface area contributed by atoms with Gasteiger partial charge in [-0.15, -0.1) is 0 Å². The predicted molar refractivity (Wildman–Crippen MR) is 66.0 cm³/mol. The van der Waals surface area contributed by atoms with Gasteiger partial charge in [0.05, 0.1) is 1.37 Å². The Balaban J connectivity index is 2.69. The van der Waals surface area contributed by atoms with Crippen LogP contribution in [0.25, 0.3) is 11.1 Å². The smallest absolute Gasteiger partial charge is 0.126 e. The Hall–Kier alpha value is -1.63. The van der Waals surface area contributed by atoms with Crippen LogP contribution in [0.15, 0.2) is 36.4 Å². The third-order valence-electron chi connectivity index (χ3n) is 2.84. The molecule has 82 valence electrons. The third-order valence-corrected chi connectivity index (χ3v) is 2.84. The lowest BCUT2D eigenvalue weighted by atomic mass is 9.95. The lowest BCUT2D eigenvalue weighted by Gasteiger charge is -2.10. The lowest BCUT2D eigenvalue weighted by Crippen LogP contribution is -1.90. The van der Waals surface area contributed by atoms with Gasteiger partial charge in [0, 0.05) is 0 Å². The van der Waals surface area contributed by atoms with Gasteiger partial charge in [-0.1, -0.05) is 24.3 Å². The largest absolute Gasteiger partial charge is 0.207 e. The van der Waals surface area contributed by atoms with E-state index in [1.807, 2.05) is 38.1 Å². The summed E-state index contributed by atoms with van der Waals surface area (Å²) in [7, 11) is 0. The summed E-state index contributed by atoms with van der Waals surface area (Å²) in [5.41, 5.74) is 4.84. The van der Waals surface area contributed by atoms with Crippen LogP contribution in [0.4, 0.5) is 4.39 Å². The van der Waals surface area contributed by atoms with Crippen molar-refractivity contribution in [1.82, 2.24) is 0 Å². The molecule has 0 bridgehead atoms. The van der Waals surface area contributed by atoms with Crippen LogP contribution >= 0.6 is 0 Å². The first-order valence-electron chi connectivity index (χ1n) is 5.84. The van der Waals surface area contributed by atoms with E-state index in [2.05, 4.69) is 0 Å². The maximum Gasteiger partial charge on any atom is 0.126 e. The topological polar surface area (TPSA) is 0 Å². The van der Waals surface area contributed by atoms with Crippen LogP contribution in [0.2, 0.25) is 0 Å². The van der Waals surface area contributed by atoms with Crippen molar-refractivity contribution >= 4 is 0 Å². The first-order chi connectivity index (χ1) is 8.00. The summed E-state index contributed by atoms with van der Waals surface area (Å²) in [5.74, 6) is -0.431.